The summed E-state index contributed by atoms with van der Waals surface area (Å²) in [5.74, 6) is -5.02. The summed E-state index contributed by atoms with van der Waals surface area (Å²) in [7, 11) is 0. The maximum atomic E-state index is 10.8. The zero-order valence-electron chi connectivity index (χ0n) is 20.4. The standard InChI is InChI=1S/C18H33O.C6H8O7.Na/c1-2-3-4-5-6-7-8-9-10-11-12-13-14-15-16-17-18-19;7-3(8)1-6(13,5(11)12)2-4(9)10;/h9-10H,2-8,11-17H2,1H3;13H,1-2H2,(H,7,8)(H,9,10)(H,11,12);/b10-9-;;. The molecule has 0 amide bonds. The first kappa shape index (κ1) is 34.0. The van der Waals surface area contributed by atoms with Gasteiger partial charge in [-0.3, -0.25) is 9.59 Å². The van der Waals surface area contributed by atoms with E-state index in [1.165, 1.54) is 77.0 Å². The van der Waals surface area contributed by atoms with Crippen LogP contribution in [0.25, 0.3) is 0 Å². The first-order valence-electron chi connectivity index (χ1n) is 12.1. The monoisotopic (exact) mass is 480 g/mol. The fourth-order valence-corrected chi connectivity index (χ4v) is 3.51. The SMILES string of the molecule is CCCCCCCC/C=C\CCCCCCC[C](=O)[Na].O=C(O)CC(O)(CC(=O)O)C(=O)O. The van der Waals surface area contributed by atoms with E-state index in [1.807, 2.05) is 0 Å². The first-order chi connectivity index (χ1) is 15.5. The van der Waals surface area contributed by atoms with E-state index in [2.05, 4.69) is 19.1 Å². The third-order valence-corrected chi connectivity index (χ3v) is 5.58. The molecule has 0 fully saturated rings. The minimum absolute atomic E-state index is 0.475. The fourth-order valence-electron chi connectivity index (χ4n) is 3.16. The number of carbonyl (C=O) groups excluding carboxylic acids is 1. The van der Waals surface area contributed by atoms with Crippen molar-refractivity contribution >= 4 is 48.9 Å². The van der Waals surface area contributed by atoms with Crippen LogP contribution < -0.4 is 0 Å². The molecule has 186 valence electrons. The summed E-state index contributed by atoms with van der Waals surface area (Å²) in [5.41, 5.74) is -2.74. The van der Waals surface area contributed by atoms with Crippen LogP contribution >= 0.6 is 0 Å². The second-order valence-corrected chi connectivity index (χ2v) is 9.63. The third kappa shape index (κ3) is 25.2. The molecule has 0 bridgehead atoms. The quantitative estimate of drug-likeness (QED) is 0.113. The van der Waals surface area contributed by atoms with E-state index in [0.29, 0.717) is 3.03 Å². The van der Waals surface area contributed by atoms with Gasteiger partial charge in [-0.2, -0.15) is 0 Å². The summed E-state index contributed by atoms with van der Waals surface area (Å²) in [4.78, 5) is 41.3. The van der Waals surface area contributed by atoms with Crippen molar-refractivity contribution in [1.82, 2.24) is 0 Å². The van der Waals surface area contributed by atoms with Crippen molar-refractivity contribution in [1.29, 1.82) is 0 Å². The number of hydrogen-bond donors (Lipinski definition) is 4. The Balaban J connectivity index is 0. The number of carboxylic acid groups (broad SMARTS) is 3. The van der Waals surface area contributed by atoms with Crippen molar-refractivity contribution in [3.63, 3.8) is 0 Å². The molecule has 0 spiro atoms. The summed E-state index contributed by atoms with van der Waals surface area (Å²) in [5, 5.41) is 33.8. The molecule has 0 aliphatic heterocycles. The molecule has 0 saturated heterocycles. The van der Waals surface area contributed by atoms with Gasteiger partial charge in [0.1, 0.15) is 0 Å². The van der Waals surface area contributed by atoms with Crippen molar-refractivity contribution in [2.45, 2.75) is 115 Å². The second kappa shape index (κ2) is 22.6. The zero-order chi connectivity index (χ0) is 25.5. The van der Waals surface area contributed by atoms with Crippen molar-refractivity contribution < 1.29 is 39.6 Å². The second-order valence-electron chi connectivity index (χ2n) is 8.51. The van der Waals surface area contributed by atoms with Gasteiger partial charge in [-0.15, -0.1) is 0 Å². The predicted octanol–water partition coefficient (Wildman–Crippen LogP) is 4.47. The number of carbonyl (C=O) groups is 4. The molecule has 0 saturated carbocycles. The number of hydrogen-bond acceptors (Lipinski definition) is 5. The Morgan fingerprint density at radius 3 is 1.45 bits per heavy atom. The van der Waals surface area contributed by atoms with Crippen molar-refractivity contribution in [2.75, 3.05) is 0 Å². The third-order valence-electron chi connectivity index (χ3n) is 5.08. The Morgan fingerprint density at radius 1 is 0.697 bits per heavy atom. The van der Waals surface area contributed by atoms with Gasteiger partial charge in [-0.1, -0.05) is 39.0 Å². The van der Waals surface area contributed by atoms with E-state index < -0.39 is 36.4 Å². The number of aliphatic carboxylic acids is 3. The van der Waals surface area contributed by atoms with Crippen LogP contribution in [0.1, 0.15) is 110 Å². The molecule has 0 unspecified atom stereocenters. The number of carboxylic acids is 3. The summed E-state index contributed by atoms with van der Waals surface area (Å²) >= 11 is 0.742. The van der Waals surface area contributed by atoms with E-state index >= 15 is 0 Å². The van der Waals surface area contributed by atoms with E-state index in [4.69, 9.17) is 20.4 Å². The van der Waals surface area contributed by atoms with Crippen LogP contribution in [0.4, 0.5) is 0 Å². The number of rotatable bonds is 20. The van der Waals surface area contributed by atoms with Crippen molar-refractivity contribution in [3.05, 3.63) is 12.2 Å². The molecular weight excluding hydrogens is 439 g/mol. The van der Waals surface area contributed by atoms with Gasteiger partial charge in [0.15, 0.2) is 5.60 Å². The van der Waals surface area contributed by atoms with Crippen molar-refractivity contribution in [2.24, 2.45) is 0 Å². The van der Waals surface area contributed by atoms with E-state index in [9.17, 15) is 19.2 Å². The number of allylic oxidation sites excluding steroid dienone is 2. The molecule has 9 heteroatoms. The first-order valence-corrected chi connectivity index (χ1v) is 13.1. The molecule has 8 nitrogen and oxygen atoms in total. The average molecular weight is 481 g/mol. The van der Waals surface area contributed by atoms with Crippen LogP contribution in [0.5, 0.6) is 0 Å². The van der Waals surface area contributed by atoms with Gasteiger partial charge in [-0.05, 0) is 0 Å². The molecule has 0 aliphatic rings. The molecule has 0 radical (unpaired) electrons. The van der Waals surface area contributed by atoms with Gasteiger partial charge in [0.2, 0.25) is 0 Å². The van der Waals surface area contributed by atoms with Crippen LogP contribution in [0.15, 0.2) is 12.2 Å². The Labute approximate surface area is 215 Å². The van der Waals surface area contributed by atoms with Crippen LogP contribution in [-0.4, -0.2) is 74.9 Å². The maximum Gasteiger partial charge on any atom is 0.336 e. The largest absolute Gasteiger partial charge is 0.481 e. The van der Waals surface area contributed by atoms with Crippen LogP contribution in [0.3, 0.4) is 0 Å². The fraction of sp³-hybridized carbons (Fsp3) is 0.750. The van der Waals surface area contributed by atoms with Crippen LogP contribution in [0.2, 0.25) is 0 Å². The van der Waals surface area contributed by atoms with E-state index in [-0.39, 0.29) is 0 Å². The smallest absolute Gasteiger partial charge is 0.336 e. The Morgan fingerprint density at radius 2 is 1.09 bits per heavy atom. The molecule has 0 aromatic carbocycles. The van der Waals surface area contributed by atoms with Gasteiger partial charge in [0, 0.05) is 0 Å². The molecule has 33 heavy (non-hydrogen) atoms. The molecule has 0 rings (SSSR count). The van der Waals surface area contributed by atoms with Gasteiger partial charge < -0.3 is 20.4 Å². The molecule has 0 aliphatic carbocycles. The van der Waals surface area contributed by atoms with Gasteiger partial charge in [-0.25, -0.2) is 4.79 Å². The van der Waals surface area contributed by atoms with Gasteiger partial charge in [0.25, 0.3) is 0 Å². The van der Waals surface area contributed by atoms with Crippen molar-refractivity contribution in [3.8, 4) is 0 Å². The Kier molecular flexibility index (Phi) is 23.2. The molecule has 0 aromatic rings. The summed E-state index contributed by atoms with van der Waals surface area (Å²) in [6.07, 6.45) is 20.5. The molecule has 0 heterocycles. The van der Waals surface area contributed by atoms with Gasteiger partial charge >= 0.3 is 124 Å². The minimum atomic E-state index is -2.74. The van der Waals surface area contributed by atoms with E-state index in [0.717, 1.165) is 40.8 Å². The average Bonchev–Trinajstić information content (AvgIpc) is 2.70. The summed E-state index contributed by atoms with van der Waals surface area (Å²) in [6.45, 7) is 2.27. The number of unbranched alkanes of at least 4 members (excludes halogenated alkanes) is 11. The maximum absolute atomic E-state index is 10.8. The predicted molar refractivity (Wildman–Crippen MR) is 127 cm³/mol. The molecule has 0 atom stereocenters. The van der Waals surface area contributed by atoms with E-state index in [1.54, 1.807) is 0 Å². The van der Waals surface area contributed by atoms with Crippen LogP contribution in [0, 0.1) is 0 Å². The number of aliphatic hydroxyl groups is 1. The normalized spacial score (nSPS) is 11.2. The topological polar surface area (TPSA) is 149 Å². The van der Waals surface area contributed by atoms with Gasteiger partial charge in [0.05, 0.1) is 12.8 Å². The minimum Gasteiger partial charge on any atom is -0.481 e. The zero-order valence-corrected chi connectivity index (χ0v) is 22.4. The summed E-state index contributed by atoms with van der Waals surface area (Å²) < 4.78 is 0.475. The molecule has 0 aromatic heterocycles. The molecular formula is C24H41NaO8. The summed E-state index contributed by atoms with van der Waals surface area (Å²) in [6, 6.07) is 0. The Hall–Kier alpha value is -1.22. The molecule has 4 N–H and O–H groups in total. The Bertz CT molecular complexity index is 573. The van der Waals surface area contributed by atoms with Crippen LogP contribution in [-0.2, 0) is 19.2 Å².